The summed E-state index contributed by atoms with van der Waals surface area (Å²) in [5, 5.41) is 0. The first-order valence-electron chi connectivity index (χ1n) is 13.4. The average Bonchev–Trinajstić information content (AvgIpc) is 2.91. The van der Waals surface area contributed by atoms with E-state index in [0.29, 0.717) is 132 Å². The Bertz CT molecular complexity index is 416. The summed E-state index contributed by atoms with van der Waals surface area (Å²) in [4.78, 5) is 0. The molecule has 11 nitrogen and oxygen atoms in total. The molecule has 37 heavy (non-hydrogen) atoms. The van der Waals surface area contributed by atoms with Crippen molar-refractivity contribution in [1.82, 2.24) is 0 Å². The van der Waals surface area contributed by atoms with E-state index in [-0.39, 0.29) is 0 Å². The van der Waals surface area contributed by atoms with Gasteiger partial charge in [-0.1, -0.05) is 19.9 Å². The molecule has 0 heterocycles. The third kappa shape index (κ3) is 35.1. The largest absolute Gasteiger partial charge is 0.499 e. The van der Waals surface area contributed by atoms with Crippen LogP contribution in [0.1, 0.15) is 19.8 Å². The average molecular weight is 541 g/mol. The van der Waals surface area contributed by atoms with Gasteiger partial charge in [-0.25, -0.2) is 0 Å². The summed E-state index contributed by atoms with van der Waals surface area (Å²) >= 11 is 0. The zero-order valence-electron chi connectivity index (χ0n) is 23.0. The first-order valence-corrected chi connectivity index (χ1v) is 13.4. The smallest absolute Gasteiger partial charge is 0.111 e. The summed E-state index contributed by atoms with van der Waals surface area (Å²) in [6, 6.07) is 0. The molecular formula is C26H52O11. The first-order chi connectivity index (χ1) is 18.4. The predicted octanol–water partition coefficient (Wildman–Crippen LogP) is 2.11. The quantitative estimate of drug-likeness (QED) is 0.0886. The van der Waals surface area contributed by atoms with Gasteiger partial charge >= 0.3 is 0 Å². The molecule has 0 atom stereocenters. The zero-order valence-corrected chi connectivity index (χ0v) is 23.0. The number of hydrogen-bond acceptors (Lipinski definition) is 11. The standard InChI is InChI=1S/C26H52O11/c1-3-5-6-28-9-10-30-13-14-32-17-18-34-21-22-36-25-26-37-24-23-35-20-19-33-16-15-31-12-11-29-8-7-27-4-2/h4H,2-3,5-26H2,1H3. The minimum atomic E-state index is 0.506. The Morgan fingerprint density at radius 1 is 0.351 bits per heavy atom. The predicted molar refractivity (Wildman–Crippen MR) is 139 cm³/mol. The van der Waals surface area contributed by atoms with E-state index in [9.17, 15) is 0 Å². The highest BCUT2D eigenvalue weighted by molar-refractivity contribution is 4.47. The van der Waals surface area contributed by atoms with E-state index in [4.69, 9.17) is 52.1 Å². The molecule has 0 aromatic carbocycles. The van der Waals surface area contributed by atoms with Gasteiger partial charge in [-0.2, -0.15) is 0 Å². The normalized spacial score (nSPS) is 11.3. The van der Waals surface area contributed by atoms with Gasteiger partial charge < -0.3 is 52.1 Å². The lowest BCUT2D eigenvalue weighted by atomic mass is 10.4. The van der Waals surface area contributed by atoms with Crippen LogP contribution in [0.5, 0.6) is 0 Å². The molecule has 0 bridgehead atoms. The van der Waals surface area contributed by atoms with E-state index in [2.05, 4.69) is 13.5 Å². The molecule has 0 N–H and O–H groups in total. The van der Waals surface area contributed by atoms with Crippen molar-refractivity contribution in [3.05, 3.63) is 12.8 Å². The Morgan fingerprint density at radius 2 is 0.568 bits per heavy atom. The van der Waals surface area contributed by atoms with Gasteiger partial charge in [0, 0.05) is 6.61 Å². The number of hydrogen-bond donors (Lipinski definition) is 0. The molecule has 0 amide bonds. The van der Waals surface area contributed by atoms with Crippen LogP contribution >= 0.6 is 0 Å². The van der Waals surface area contributed by atoms with Gasteiger partial charge in [0.25, 0.3) is 0 Å². The highest BCUT2D eigenvalue weighted by Crippen LogP contribution is 1.89. The lowest BCUT2D eigenvalue weighted by molar-refractivity contribution is -0.0269. The number of rotatable bonds is 34. The van der Waals surface area contributed by atoms with Crippen LogP contribution in [-0.2, 0) is 52.1 Å². The molecular weight excluding hydrogens is 488 g/mol. The second-order valence-corrected chi connectivity index (χ2v) is 7.51. The molecule has 0 aliphatic carbocycles. The van der Waals surface area contributed by atoms with Crippen molar-refractivity contribution in [2.24, 2.45) is 0 Å². The molecule has 0 aromatic heterocycles. The second kappa shape index (κ2) is 35.1. The summed E-state index contributed by atoms with van der Waals surface area (Å²) < 4.78 is 59.2. The minimum Gasteiger partial charge on any atom is -0.499 e. The van der Waals surface area contributed by atoms with E-state index < -0.39 is 0 Å². The molecule has 0 saturated carbocycles. The van der Waals surface area contributed by atoms with Crippen molar-refractivity contribution in [1.29, 1.82) is 0 Å². The zero-order chi connectivity index (χ0) is 26.7. The maximum atomic E-state index is 5.46. The third-order valence-electron chi connectivity index (χ3n) is 4.45. The van der Waals surface area contributed by atoms with E-state index in [1.54, 1.807) is 0 Å². The van der Waals surface area contributed by atoms with Crippen molar-refractivity contribution in [2.75, 3.05) is 139 Å². The fourth-order valence-electron chi connectivity index (χ4n) is 2.52. The van der Waals surface area contributed by atoms with Crippen LogP contribution < -0.4 is 0 Å². The maximum absolute atomic E-state index is 5.46. The third-order valence-corrected chi connectivity index (χ3v) is 4.45. The molecule has 0 unspecified atom stereocenters. The van der Waals surface area contributed by atoms with Crippen LogP contribution in [-0.4, -0.2) is 139 Å². The van der Waals surface area contributed by atoms with Crippen LogP contribution in [0.25, 0.3) is 0 Å². The van der Waals surface area contributed by atoms with Crippen molar-refractivity contribution >= 4 is 0 Å². The Morgan fingerprint density at radius 3 is 0.784 bits per heavy atom. The monoisotopic (exact) mass is 540 g/mol. The van der Waals surface area contributed by atoms with Gasteiger partial charge in [0.2, 0.25) is 0 Å². The summed E-state index contributed by atoms with van der Waals surface area (Å²) in [5.74, 6) is 0. The van der Waals surface area contributed by atoms with Crippen molar-refractivity contribution in [2.45, 2.75) is 19.8 Å². The van der Waals surface area contributed by atoms with E-state index in [1.165, 1.54) is 6.26 Å². The summed E-state index contributed by atoms with van der Waals surface area (Å²) in [5.41, 5.74) is 0. The Kier molecular flexibility index (Phi) is 34.3. The van der Waals surface area contributed by atoms with E-state index in [1.807, 2.05) is 0 Å². The molecule has 0 saturated heterocycles. The molecule has 0 aliphatic heterocycles. The fourth-order valence-corrected chi connectivity index (χ4v) is 2.52. The lowest BCUT2D eigenvalue weighted by Gasteiger charge is -2.09. The Balaban J connectivity index is 3.01. The van der Waals surface area contributed by atoms with Crippen LogP contribution in [0.3, 0.4) is 0 Å². The lowest BCUT2D eigenvalue weighted by Crippen LogP contribution is -2.15. The van der Waals surface area contributed by atoms with Crippen molar-refractivity contribution in [3.8, 4) is 0 Å². The van der Waals surface area contributed by atoms with E-state index in [0.717, 1.165) is 19.4 Å². The SMILES string of the molecule is C=COCCOCCOCCOCCOCCOCCOCCOCCOCCOCCOCCCC. The molecule has 0 radical (unpaired) electrons. The van der Waals surface area contributed by atoms with Crippen LogP contribution in [0, 0.1) is 0 Å². The van der Waals surface area contributed by atoms with E-state index >= 15 is 0 Å². The highest BCUT2D eigenvalue weighted by Gasteiger charge is 1.96. The first kappa shape index (κ1) is 36.1. The summed E-state index contributed by atoms with van der Waals surface area (Å²) in [6.07, 6.45) is 3.64. The highest BCUT2D eigenvalue weighted by atomic mass is 16.6. The van der Waals surface area contributed by atoms with Crippen LogP contribution in [0.15, 0.2) is 12.8 Å². The molecule has 0 fully saturated rings. The molecule has 0 spiro atoms. The van der Waals surface area contributed by atoms with Gasteiger partial charge in [-0.15, -0.1) is 0 Å². The maximum Gasteiger partial charge on any atom is 0.111 e. The van der Waals surface area contributed by atoms with Gasteiger partial charge in [0.15, 0.2) is 0 Å². The second-order valence-electron chi connectivity index (χ2n) is 7.51. The fraction of sp³-hybridized carbons (Fsp3) is 0.923. The molecule has 222 valence electrons. The van der Waals surface area contributed by atoms with Crippen LogP contribution in [0.2, 0.25) is 0 Å². The van der Waals surface area contributed by atoms with Gasteiger partial charge in [-0.3, -0.25) is 0 Å². The van der Waals surface area contributed by atoms with Gasteiger partial charge in [-0.05, 0) is 6.42 Å². The van der Waals surface area contributed by atoms with Gasteiger partial charge in [0.05, 0.1) is 132 Å². The minimum absolute atomic E-state index is 0.506. The van der Waals surface area contributed by atoms with Crippen molar-refractivity contribution < 1.29 is 52.1 Å². The topological polar surface area (TPSA) is 102 Å². The molecule has 0 aliphatic rings. The molecule has 0 rings (SSSR count). The summed E-state index contributed by atoms with van der Waals surface area (Å²) in [6.45, 7) is 17.2. The van der Waals surface area contributed by atoms with Crippen LogP contribution in [0.4, 0.5) is 0 Å². The number of unbranched alkanes of at least 4 members (excludes halogenated alkanes) is 1. The Labute approximate surface area is 223 Å². The summed E-state index contributed by atoms with van der Waals surface area (Å²) in [7, 11) is 0. The molecule has 11 heteroatoms. The van der Waals surface area contributed by atoms with Crippen molar-refractivity contribution in [3.63, 3.8) is 0 Å². The Hall–Kier alpha value is -0.860. The molecule has 0 aromatic rings. The van der Waals surface area contributed by atoms with Gasteiger partial charge in [0.1, 0.15) is 6.61 Å². The number of ether oxygens (including phenoxy) is 11.